The third-order valence-corrected chi connectivity index (χ3v) is 3.10. The van der Waals surface area contributed by atoms with Gasteiger partial charge in [0.1, 0.15) is 11.6 Å². The lowest BCUT2D eigenvalue weighted by Crippen LogP contribution is -2.05. The summed E-state index contributed by atoms with van der Waals surface area (Å²) in [5.74, 6) is 2.05. The minimum Gasteiger partial charge on any atom is -0.436 e. The highest BCUT2D eigenvalue weighted by Crippen LogP contribution is 2.25. The zero-order chi connectivity index (χ0) is 14.7. The molecule has 0 spiro atoms. The number of anilines is 1. The molecule has 0 unspecified atom stereocenters. The van der Waals surface area contributed by atoms with Crippen LogP contribution in [-0.4, -0.2) is 20.9 Å². The lowest BCUT2D eigenvalue weighted by molar-refractivity contribution is 0.465. The van der Waals surface area contributed by atoms with Gasteiger partial charge in [0.2, 0.25) is 5.65 Å². The molecule has 0 bridgehead atoms. The van der Waals surface area contributed by atoms with Crippen molar-refractivity contribution in [2.24, 2.45) is 0 Å². The van der Waals surface area contributed by atoms with Crippen molar-refractivity contribution in [3.8, 4) is 11.6 Å². The van der Waals surface area contributed by atoms with E-state index in [1.165, 1.54) is 0 Å². The van der Waals surface area contributed by atoms with Gasteiger partial charge in [0.05, 0.1) is 6.20 Å². The van der Waals surface area contributed by atoms with Crippen molar-refractivity contribution in [2.45, 2.75) is 20.3 Å². The minimum absolute atomic E-state index is 0.506. The number of hydrogen-bond acceptors (Lipinski definition) is 4. The minimum atomic E-state index is 0.506. The number of imidazole rings is 1. The molecule has 5 nitrogen and oxygen atoms in total. The first-order chi connectivity index (χ1) is 10.3. The van der Waals surface area contributed by atoms with Gasteiger partial charge in [-0.2, -0.15) is 4.98 Å². The van der Waals surface area contributed by atoms with Crippen molar-refractivity contribution in [3.05, 3.63) is 48.4 Å². The first-order valence-electron chi connectivity index (χ1n) is 7.08. The fourth-order valence-electron chi connectivity index (χ4n) is 2.10. The smallest absolute Gasteiger partial charge is 0.265 e. The van der Waals surface area contributed by atoms with Gasteiger partial charge in [0.25, 0.3) is 5.88 Å². The average molecular weight is 282 g/mol. The second kappa shape index (κ2) is 5.83. The van der Waals surface area contributed by atoms with Crippen LogP contribution in [-0.2, 0) is 0 Å². The van der Waals surface area contributed by atoms with E-state index in [1.54, 1.807) is 6.20 Å². The number of benzene rings is 1. The van der Waals surface area contributed by atoms with E-state index in [0.717, 1.165) is 30.1 Å². The zero-order valence-electron chi connectivity index (χ0n) is 12.2. The molecular formula is C16H18N4O. The molecular weight excluding hydrogens is 264 g/mol. The maximum atomic E-state index is 5.92. The molecule has 21 heavy (non-hydrogen) atoms. The van der Waals surface area contributed by atoms with Crippen molar-refractivity contribution < 1.29 is 4.74 Å². The molecule has 0 aliphatic rings. The summed E-state index contributed by atoms with van der Waals surface area (Å²) in [5.41, 5.74) is 1.85. The molecule has 2 heterocycles. The second-order valence-corrected chi connectivity index (χ2v) is 4.93. The lowest BCUT2D eigenvalue weighted by atomic mass is 10.2. The highest BCUT2D eigenvalue weighted by Gasteiger charge is 2.10. The third-order valence-electron chi connectivity index (χ3n) is 3.10. The van der Waals surface area contributed by atoms with Gasteiger partial charge in [0, 0.05) is 18.9 Å². The molecule has 0 saturated heterocycles. The van der Waals surface area contributed by atoms with E-state index in [2.05, 4.69) is 22.2 Å². The van der Waals surface area contributed by atoms with Gasteiger partial charge < -0.3 is 10.1 Å². The van der Waals surface area contributed by atoms with Gasteiger partial charge in [-0.1, -0.05) is 19.1 Å². The maximum Gasteiger partial charge on any atom is 0.265 e. The molecule has 5 heteroatoms. The molecule has 0 radical (unpaired) electrons. The molecule has 0 fully saturated rings. The van der Waals surface area contributed by atoms with Crippen LogP contribution < -0.4 is 10.1 Å². The van der Waals surface area contributed by atoms with Gasteiger partial charge in [-0.05, 0) is 31.0 Å². The molecule has 1 aromatic carbocycles. The summed E-state index contributed by atoms with van der Waals surface area (Å²) in [6.07, 6.45) is 6.58. The Morgan fingerprint density at radius 2 is 2.24 bits per heavy atom. The molecule has 2 aromatic heterocycles. The van der Waals surface area contributed by atoms with Crippen molar-refractivity contribution in [1.29, 1.82) is 0 Å². The molecule has 0 aliphatic heterocycles. The SMILES string of the molecule is CCCNc1cn2ccnc2c(Oc2cccc(C)c2)n1. The number of nitrogens with one attached hydrogen (secondary N) is 1. The van der Waals surface area contributed by atoms with E-state index in [9.17, 15) is 0 Å². The van der Waals surface area contributed by atoms with Crippen LogP contribution >= 0.6 is 0 Å². The summed E-state index contributed by atoms with van der Waals surface area (Å²) in [6.45, 7) is 5.02. The van der Waals surface area contributed by atoms with E-state index < -0.39 is 0 Å². The Morgan fingerprint density at radius 3 is 3.05 bits per heavy atom. The van der Waals surface area contributed by atoms with E-state index >= 15 is 0 Å². The highest BCUT2D eigenvalue weighted by molar-refractivity contribution is 5.55. The summed E-state index contributed by atoms with van der Waals surface area (Å²) < 4.78 is 7.83. The highest BCUT2D eigenvalue weighted by atomic mass is 16.5. The van der Waals surface area contributed by atoms with E-state index in [4.69, 9.17) is 4.74 Å². The normalized spacial score (nSPS) is 10.8. The number of nitrogens with zero attached hydrogens (tertiary/aromatic N) is 3. The van der Waals surface area contributed by atoms with Crippen LogP contribution in [0.3, 0.4) is 0 Å². The van der Waals surface area contributed by atoms with Crippen molar-refractivity contribution >= 4 is 11.5 Å². The van der Waals surface area contributed by atoms with E-state index in [-0.39, 0.29) is 0 Å². The summed E-state index contributed by atoms with van der Waals surface area (Å²) in [5, 5.41) is 3.27. The van der Waals surface area contributed by atoms with Crippen LogP contribution in [0, 0.1) is 6.92 Å². The predicted octanol–water partition coefficient (Wildman–Crippen LogP) is 3.65. The Bertz CT molecular complexity index is 751. The van der Waals surface area contributed by atoms with E-state index in [0.29, 0.717) is 11.5 Å². The van der Waals surface area contributed by atoms with Gasteiger partial charge in [0.15, 0.2) is 0 Å². The fourth-order valence-corrected chi connectivity index (χ4v) is 2.10. The largest absolute Gasteiger partial charge is 0.436 e. The standard InChI is InChI=1S/C16H18N4O/c1-3-7-17-14-11-20-9-8-18-15(20)16(19-14)21-13-6-4-5-12(2)10-13/h4-6,8-11,17H,3,7H2,1-2H3. The number of ether oxygens (including phenoxy) is 1. The summed E-state index contributed by atoms with van der Waals surface area (Å²) >= 11 is 0. The van der Waals surface area contributed by atoms with Crippen molar-refractivity contribution in [3.63, 3.8) is 0 Å². The third kappa shape index (κ3) is 2.97. The monoisotopic (exact) mass is 282 g/mol. The number of hydrogen-bond donors (Lipinski definition) is 1. The molecule has 0 atom stereocenters. The van der Waals surface area contributed by atoms with Gasteiger partial charge in [-0.15, -0.1) is 0 Å². The Hall–Kier alpha value is -2.56. The van der Waals surface area contributed by atoms with Gasteiger partial charge >= 0.3 is 0 Å². The van der Waals surface area contributed by atoms with Crippen molar-refractivity contribution in [1.82, 2.24) is 14.4 Å². The van der Waals surface area contributed by atoms with Crippen LogP contribution in [0.2, 0.25) is 0 Å². The molecule has 0 amide bonds. The summed E-state index contributed by atoms with van der Waals surface area (Å²) in [6, 6.07) is 7.89. The fraction of sp³-hybridized carbons (Fsp3) is 0.250. The van der Waals surface area contributed by atoms with Crippen molar-refractivity contribution in [2.75, 3.05) is 11.9 Å². The number of fused-ring (bicyclic) bond motifs is 1. The van der Waals surface area contributed by atoms with Crippen LogP contribution in [0.4, 0.5) is 5.82 Å². The molecule has 3 rings (SSSR count). The van der Waals surface area contributed by atoms with E-state index in [1.807, 2.05) is 48.0 Å². The second-order valence-electron chi connectivity index (χ2n) is 4.93. The Morgan fingerprint density at radius 1 is 1.33 bits per heavy atom. The zero-order valence-corrected chi connectivity index (χ0v) is 12.2. The summed E-state index contributed by atoms with van der Waals surface area (Å²) in [4.78, 5) is 8.83. The number of aryl methyl sites for hydroxylation is 1. The Labute approximate surface area is 123 Å². The van der Waals surface area contributed by atoms with Gasteiger partial charge in [-0.3, -0.25) is 4.40 Å². The quantitative estimate of drug-likeness (QED) is 0.776. The van der Waals surface area contributed by atoms with Crippen LogP contribution in [0.1, 0.15) is 18.9 Å². The maximum absolute atomic E-state index is 5.92. The number of aromatic nitrogens is 3. The average Bonchev–Trinajstić information content (AvgIpc) is 2.94. The molecule has 0 saturated carbocycles. The molecule has 3 aromatic rings. The first-order valence-corrected chi connectivity index (χ1v) is 7.08. The van der Waals surface area contributed by atoms with Crippen LogP contribution in [0.5, 0.6) is 11.6 Å². The van der Waals surface area contributed by atoms with Crippen LogP contribution in [0.25, 0.3) is 5.65 Å². The Balaban J connectivity index is 1.97. The number of rotatable bonds is 5. The summed E-state index contributed by atoms with van der Waals surface area (Å²) in [7, 11) is 0. The molecule has 108 valence electrons. The first kappa shape index (κ1) is 13.4. The van der Waals surface area contributed by atoms with Crippen LogP contribution in [0.15, 0.2) is 42.9 Å². The lowest BCUT2D eigenvalue weighted by Gasteiger charge is -2.10. The Kier molecular flexibility index (Phi) is 3.73. The topological polar surface area (TPSA) is 51.5 Å². The van der Waals surface area contributed by atoms with Gasteiger partial charge in [-0.25, -0.2) is 4.98 Å². The molecule has 1 N–H and O–H groups in total. The molecule has 0 aliphatic carbocycles. The predicted molar refractivity (Wildman–Crippen MR) is 83.0 cm³/mol.